The summed E-state index contributed by atoms with van der Waals surface area (Å²) in [7, 11) is 0. The van der Waals surface area contributed by atoms with Crippen molar-refractivity contribution in [3.63, 3.8) is 0 Å². The van der Waals surface area contributed by atoms with E-state index in [4.69, 9.17) is 9.52 Å². The van der Waals surface area contributed by atoms with E-state index in [1.54, 1.807) is 0 Å². The molecule has 0 bridgehead atoms. The molecule has 1 aromatic heterocycles. The molecule has 1 aromatic rings. The third-order valence-corrected chi connectivity index (χ3v) is 2.24. The Morgan fingerprint density at radius 2 is 2.29 bits per heavy atom. The third-order valence-electron chi connectivity index (χ3n) is 2.24. The van der Waals surface area contributed by atoms with Crippen LogP contribution in [0, 0.1) is 0 Å². The molecule has 0 spiro atoms. The van der Waals surface area contributed by atoms with Crippen LogP contribution < -0.4 is 5.32 Å². The second-order valence-electron chi connectivity index (χ2n) is 3.34. The minimum Gasteiger partial charge on any atom is -0.480 e. The van der Waals surface area contributed by atoms with Crippen LogP contribution in [0.25, 0.3) is 0 Å². The standard InChI is InChI=1S/C9H12N2O3/c12-8(13)5-10-9-11-6-3-1-2-4-7(6)14-9/h1-5H2,(H,10,11)(H,12,13). The Kier molecular flexibility index (Phi) is 2.39. The van der Waals surface area contributed by atoms with Crippen molar-refractivity contribution in [1.29, 1.82) is 0 Å². The highest BCUT2D eigenvalue weighted by atomic mass is 16.4. The first-order chi connectivity index (χ1) is 6.75. The molecule has 0 aromatic carbocycles. The van der Waals surface area contributed by atoms with Crippen LogP contribution >= 0.6 is 0 Å². The average Bonchev–Trinajstić information content (AvgIpc) is 2.57. The molecular weight excluding hydrogens is 184 g/mol. The number of carboxylic acids is 1. The zero-order valence-electron chi connectivity index (χ0n) is 7.75. The van der Waals surface area contributed by atoms with Crippen molar-refractivity contribution in [2.45, 2.75) is 25.7 Å². The molecule has 1 aliphatic rings. The number of oxazole rings is 1. The van der Waals surface area contributed by atoms with Gasteiger partial charge in [0.15, 0.2) is 0 Å². The zero-order chi connectivity index (χ0) is 9.97. The monoisotopic (exact) mass is 196 g/mol. The van der Waals surface area contributed by atoms with Gasteiger partial charge in [0.05, 0.1) is 5.69 Å². The lowest BCUT2D eigenvalue weighted by Crippen LogP contribution is -2.12. The molecule has 0 radical (unpaired) electrons. The Morgan fingerprint density at radius 3 is 3.00 bits per heavy atom. The summed E-state index contributed by atoms with van der Waals surface area (Å²) in [6.07, 6.45) is 4.11. The first-order valence-corrected chi connectivity index (χ1v) is 4.70. The minimum atomic E-state index is -0.916. The molecule has 0 atom stereocenters. The summed E-state index contributed by atoms with van der Waals surface area (Å²) in [5.41, 5.74) is 0.976. The van der Waals surface area contributed by atoms with Crippen LogP contribution in [0.3, 0.4) is 0 Å². The highest BCUT2D eigenvalue weighted by molar-refractivity contribution is 5.71. The van der Waals surface area contributed by atoms with Crippen LogP contribution in [0.2, 0.25) is 0 Å². The van der Waals surface area contributed by atoms with E-state index in [-0.39, 0.29) is 6.54 Å². The van der Waals surface area contributed by atoms with Gasteiger partial charge in [0.1, 0.15) is 12.3 Å². The first-order valence-electron chi connectivity index (χ1n) is 4.70. The van der Waals surface area contributed by atoms with Gasteiger partial charge in [-0.15, -0.1) is 0 Å². The molecule has 5 nitrogen and oxygen atoms in total. The van der Waals surface area contributed by atoms with E-state index in [2.05, 4.69) is 10.3 Å². The average molecular weight is 196 g/mol. The van der Waals surface area contributed by atoms with Crippen molar-refractivity contribution >= 4 is 12.0 Å². The van der Waals surface area contributed by atoms with Crippen molar-refractivity contribution < 1.29 is 14.3 Å². The fourth-order valence-electron chi connectivity index (χ4n) is 1.58. The molecule has 0 saturated carbocycles. The van der Waals surface area contributed by atoms with E-state index >= 15 is 0 Å². The summed E-state index contributed by atoms with van der Waals surface area (Å²) >= 11 is 0. The van der Waals surface area contributed by atoms with Crippen LogP contribution in [0.5, 0.6) is 0 Å². The second kappa shape index (κ2) is 3.69. The number of anilines is 1. The van der Waals surface area contributed by atoms with Crippen LogP contribution in [0.15, 0.2) is 4.42 Å². The van der Waals surface area contributed by atoms with Gasteiger partial charge in [0.25, 0.3) is 6.01 Å². The van der Waals surface area contributed by atoms with Gasteiger partial charge in [-0.25, -0.2) is 0 Å². The number of hydrogen-bond acceptors (Lipinski definition) is 4. The molecule has 14 heavy (non-hydrogen) atoms. The van der Waals surface area contributed by atoms with E-state index < -0.39 is 5.97 Å². The molecule has 0 unspecified atom stereocenters. The molecule has 0 amide bonds. The van der Waals surface area contributed by atoms with E-state index in [1.165, 1.54) is 0 Å². The number of carboxylic acid groups (broad SMARTS) is 1. The van der Waals surface area contributed by atoms with Gasteiger partial charge in [-0.2, -0.15) is 4.98 Å². The lowest BCUT2D eigenvalue weighted by atomic mass is 10.0. The van der Waals surface area contributed by atoms with E-state index in [1.807, 2.05) is 0 Å². The number of carbonyl (C=O) groups is 1. The van der Waals surface area contributed by atoms with Crippen LogP contribution in [0.1, 0.15) is 24.3 Å². The fraction of sp³-hybridized carbons (Fsp3) is 0.556. The number of fused-ring (bicyclic) bond motifs is 1. The van der Waals surface area contributed by atoms with Gasteiger partial charge in [-0.3, -0.25) is 4.79 Å². The molecule has 5 heteroatoms. The van der Waals surface area contributed by atoms with Crippen LogP contribution in [-0.2, 0) is 17.6 Å². The van der Waals surface area contributed by atoms with Crippen molar-refractivity contribution in [2.24, 2.45) is 0 Å². The van der Waals surface area contributed by atoms with Crippen molar-refractivity contribution in [3.05, 3.63) is 11.5 Å². The zero-order valence-corrected chi connectivity index (χ0v) is 7.75. The molecule has 2 N–H and O–H groups in total. The summed E-state index contributed by atoms with van der Waals surface area (Å²) in [6.45, 7) is -0.153. The van der Waals surface area contributed by atoms with E-state index in [0.717, 1.165) is 37.1 Å². The third kappa shape index (κ3) is 1.86. The molecular formula is C9H12N2O3. The predicted molar refractivity (Wildman–Crippen MR) is 49.3 cm³/mol. The number of nitrogens with zero attached hydrogens (tertiary/aromatic N) is 1. The Bertz CT molecular complexity index is 322. The fourth-order valence-corrected chi connectivity index (χ4v) is 1.58. The summed E-state index contributed by atoms with van der Waals surface area (Å²) in [4.78, 5) is 14.5. The molecule has 1 aliphatic carbocycles. The maximum Gasteiger partial charge on any atom is 0.323 e. The number of aryl methyl sites for hydroxylation is 2. The van der Waals surface area contributed by atoms with Crippen molar-refractivity contribution in [2.75, 3.05) is 11.9 Å². The second-order valence-corrected chi connectivity index (χ2v) is 3.34. The van der Waals surface area contributed by atoms with Gasteiger partial charge in [-0.05, 0) is 19.3 Å². The molecule has 76 valence electrons. The van der Waals surface area contributed by atoms with Crippen molar-refractivity contribution in [3.8, 4) is 0 Å². The van der Waals surface area contributed by atoms with Gasteiger partial charge in [0.2, 0.25) is 0 Å². The van der Waals surface area contributed by atoms with Crippen LogP contribution in [0.4, 0.5) is 6.01 Å². The number of hydrogen-bond donors (Lipinski definition) is 2. The maximum atomic E-state index is 10.3. The molecule has 1 heterocycles. The number of aromatic nitrogens is 1. The van der Waals surface area contributed by atoms with Crippen molar-refractivity contribution in [1.82, 2.24) is 4.98 Å². The predicted octanol–water partition coefficient (Wildman–Crippen LogP) is 1.05. The van der Waals surface area contributed by atoms with E-state index in [0.29, 0.717) is 6.01 Å². The summed E-state index contributed by atoms with van der Waals surface area (Å²) in [5.74, 6) is -0.00897. The van der Waals surface area contributed by atoms with Gasteiger partial charge >= 0.3 is 5.97 Å². The number of aliphatic carboxylic acids is 1. The highest BCUT2D eigenvalue weighted by Crippen LogP contribution is 2.23. The summed E-state index contributed by atoms with van der Waals surface area (Å²) in [5, 5.41) is 11.1. The Hall–Kier alpha value is -1.52. The Balaban J connectivity index is 2.04. The first kappa shape index (κ1) is 9.05. The van der Waals surface area contributed by atoms with Gasteiger partial charge in [-0.1, -0.05) is 0 Å². The van der Waals surface area contributed by atoms with Crippen LogP contribution in [-0.4, -0.2) is 22.6 Å². The Labute approximate surface area is 81.1 Å². The van der Waals surface area contributed by atoms with Gasteiger partial charge in [0, 0.05) is 6.42 Å². The summed E-state index contributed by atoms with van der Waals surface area (Å²) < 4.78 is 5.37. The largest absolute Gasteiger partial charge is 0.480 e. The lowest BCUT2D eigenvalue weighted by molar-refractivity contribution is -0.134. The molecule has 2 rings (SSSR count). The SMILES string of the molecule is O=C(O)CNc1nc2c(o1)CCCC2. The smallest absolute Gasteiger partial charge is 0.323 e. The molecule has 0 saturated heterocycles. The topological polar surface area (TPSA) is 75.4 Å². The minimum absolute atomic E-state index is 0.153. The Morgan fingerprint density at radius 1 is 1.50 bits per heavy atom. The highest BCUT2D eigenvalue weighted by Gasteiger charge is 2.16. The lowest BCUT2D eigenvalue weighted by Gasteiger charge is -2.05. The normalized spacial score (nSPS) is 14.9. The summed E-state index contributed by atoms with van der Waals surface area (Å²) in [6, 6.07) is 0.333. The van der Waals surface area contributed by atoms with E-state index in [9.17, 15) is 4.79 Å². The molecule has 0 fully saturated rings. The van der Waals surface area contributed by atoms with Gasteiger partial charge < -0.3 is 14.8 Å². The quantitative estimate of drug-likeness (QED) is 0.755. The number of nitrogens with one attached hydrogen (secondary N) is 1. The number of rotatable bonds is 3. The molecule has 0 aliphatic heterocycles. The maximum absolute atomic E-state index is 10.3.